The quantitative estimate of drug-likeness (QED) is 0.591. The van der Waals surface area contributed by atoms with Crippen molar-refractivity contribution in [3.8, 4) is 11.4 Å². The normalized spacial score (nSPS) is 20.0. The molecule has 0 radical (unpaired) electrons. The summed E-state index contributed by atoms with van der Waals surface area (Å²) in [5.74, 6) is 0.466. The Morgan fingerprint density at radius 1 is 1.15 bits per heavy atom. The number of amides is 3. The molecule has 186 valence electrons. The van der Waals surface area contributed by atoms with Gasteiger partial charge in [0.25, 0.3) is 0 Å². The lowest BCUT2D eigenvalue weighted by molar-refractivity contribution is -0.131. The molecule has 2 atom stereocenters. The fourth-order valence-corrected chi connectivity index (χ4v) is 3.78. The van der Waals surface area contributed by atoms with Crippen molar-refractivity contribution in [3.63, 3.8) is 0 Å². The molecule has 1 aliphatic heterocycles. The van der Waals surface area contributed by atoms with Crippen molar-refractivity contribution in [1.29, 1.82) is 0 Å². The maximum absolute atomic E-state index is 12.9. The number of hydrogen-bond acceptors (Lipinski definition) is 6. The van der Waals surface area contributed by atoms with Crippen LogP contribution in [0.15, 0.2) is 30.3 Å². The molecule has 0 saturated heterocycles. The molecule has 1 aromatic heterocycles. The van der Waals surface area contributed by atoms with E-state index in [1.165, 1.54) is 0 Å². The van der Waals surface area contributed by atoms with Crippen molar-refractivity contribution < 1.29 is 14.4 Å². The Morgan fingerprint density at radius 2 is 1.85 bits per heavy atom. The lowest BCUT2D eigenvalue weighted by atomic mass is 10.0. The second-order valence-electron chi connectivity index (χ2n) is 8.59. The Balaban J connectivity index is 0.00000408. The summed E-state index contributed by atoms with van der Waals surface area (Å²) in [5.41, 5.74) is 6.47. The molecule has 0 spiro atoms. The third-order valence-electron chi connectivity index (χ3n) is 5.69. The van der Waals surface area contributed by atoms with Crippen LogP contribution in [0, 0.1) is 5.92 Å². The van der Waals surface area contributed by atoms with Gasteiger partial charge >= 0.3 is 0 Å². The minimum atomic E-state index is -0.701. The number of fused-ring (bicyclic) bond motifs is 1. The average molecular weight is 492 g/mol. The molecule has 1 unspecified atom stereocenters. The van der Waals surface area contributed by atoms with E-state index < -0.39 is 12.1 Å². The minimum Gasteiger partial charge on any atom is -0.345 e. The Kier molecular flexibility index (Phi) is 10.0. The molecule has 2 heterocycles. The first kappa shape index (κ1) is 27.3. The summed E-state index contributed by atoms with van der Waals surface area (Å²) < 4.78 is 1.76. The molecule has 2 aromatic rings. The van der Waals surface area contributed by atoms with Crippen LogP contribution in [0.1, 0.15) is 45.5 Å². The first-order chi connectivity index (χ1) is 15.8. The average Bonchev–Trinajstić information content (AvgIpc) is 3.22. The first-order valence-corrected chi connectivity index (χ1v) is 11.4. The van der Waals surface area contributed by atoms with Crippen molar-refractivity contribution in [1.82, 2.24) is 30.3 Å². The van der Waals surface area contributed by atoms with Crippen molar-refractivity contribution in [2.24, 2.45) is 11.7 Å². The number of nitrogens with zero attached hydrogens (tertiary/aromatic N) is 4. The van der Waals surface area contributed by atoms with Crippen LogP contribution in [0.4, 0.5) is 0 Å². The zero-order chi connectivity index (χ0) is 24.0. The zero-order valence-electron chi connectivity index (χ0n) is 19.9. The van der Waals surface area contributed by atoms with Gasteiger partial charge in [-0.2, -0.15) is 5.10 Å². The van der Waals surface area contributed by atoms with Gasteiger partial charge in [-0.05, 0) is 19.3 Å². The van der Waals surface area contributed by atoms with E-state index in [0.29, 0.717) is 37.7 Å². The van der Waals surface area contributed by atoms with Crippen molar-refractivity contribution >= 4 is 30.1 Å². The van der Waals surface area contributed by atoms with Crippen LogP contribution in [0.2, 0.25) is 0 Å². The van der Waals surface area contributed by atoms with Gasteiger partial charge < -0.3 is 21.3 Å². The Labute approximate surface area is 206 Å². The highest BCUT2D eigenvalue weighted by Gasteiger charge is 2.28. The number of carbonyl (C=O) groups is 3. The SMILES string of the molecule is CC(C)C1NC(=O)[C@@H](C)NC(=O)CCCN(C(=O)CN)CCn2nc(-c3ccccc3)nc21.Cl. The van der Waals surface area contributed by atoms with E-state index in [4.69, 9.17) is 15.8 Å². The number of nitrogens with two attached hydrogens (primary N) is 1. The van der Waals surface area contributed by atoms with Crippen LogP contribution in [0.5, 0.6) is 0 Å². The molecule has 0 aliphatic carbocycles. The number of nitrogens with one attached hydrogen (secondary N) is 2. The molecular weight excluding hydrogens is 458 g/mol. The van der Waals surface area contributed by atoms with Gasteiger partial charge in [-0.25, -0.2) is 9.67 Å². The van der Waals surface area contributed by atoms with Crippen LogP contribution in [0.3, 0.4) is 0 Å². The number of hydrogen-bond donors (Lipinski definition) is 3. The van der Waals surface area contributed by atoms with E-state index in [9.17, 15) is 14.4 Å². The van der Waals surface area contributed by atoms with E-state index in [0.717, 1.165) is 5.56 Å². The van der Waals surface area contributed by atoms with E-state index >= 15 is 0 Å². The van der Waals surface area contributed by atoms with Gasteiger partial charge in [0, 0.05) is 25.1 Å². The fourth-order valence-electron chi connectivity index (χ4n) is 3.78. The van der Waals surface area contributed by atoms with Crippen molar-refractivity contribution in [2.75, 3.05) is 19.6 Å². The van der Waals surface area contributed by atoms with Gasteiger partial charge in [0.2, 0.25) is 17.7 Å². The highest BCUT2D eigenvalue weighted by Crippen LogP contribution is 2.24. The Morgan fingerprint density at radius 3 is 2.50 bits per heavy atom. The van der Waals surface area contributed by atoms with Gasteiger partial charge in [0.15, 0.2) is 11.6 Å². The standard InChI is InChI=1S/C23H33N7O3.ClH/c1-15(2)20-22-27-21(17-8-5-4-6-9-17)28-30(22)13-12-29(19(32)14-24)11-7-10-18(31)25-16(3)23(33)26-20;/h4-6,8-9,15-16,20H,7,10-14,24H2,1-3H3,(H,25,31)(H,26,33);1H/t16-,20?;/m1./s1. The number of rotatable bonds is 3. The number of aromatic nitrogens is 3. The first-order valence-electron chi connectivity index (χ1n) is 11.4. The van der Waals surface area contributed by atoms with E-state index in [2.05, 4.69) is 10.6 Å². The van der Waals surface area contributed by atoms with E-state index in [-0.39, 0.29) is 49.0 Å². The van der Waals surface area contributed by atoms with Crippen molar-refractivity contribution in [3.05, 3.63) is 36.2 Å². The van der Waals surface area contributed by atoms with Gasteiger partial charge in [-0.3, -0.25) is 14.4 Å². The van der Waals surface area contributed by atoms with Gasteiger partial charge in [-0.1, -0.05) is 44.2 Å². The summed E-state index contributed by atoms with van der Waals surface area (Å²) in [5, 5.41) is 10.5. The van der Waals surface area contributed by atoms with Crippen LogP contribution in [-0.2, 0) is 20.9 Å². The van der Waals surface area contributed by atoms with Crippen LogP contribution >= 0.6 is 12.4 Å². The molecule has 0 fully saturated rings. The molecule has 3 amide bonds. The maximum atomic E-state index is 12.9. The second-order valence-corrected chi connectivity index (χ2v) is 8.59. The number of halogens is 1. The highest BCUT2D eigenvalue weighted by atomic mass is 35.5. The smallest absolute Gasteiger partial charge is 0.242 e. The molecule has 3 rings (SSSR count). The molecule has 1 aromatic carbocycles. The minimum absolute atomic E-state index is 0. The molecular formula is C23H34ClN7O3. The van der Waals surface area contributed by atoms with E-state index in [1.807, 2.05) is 44.2 Å². The zero-order valence-corrected chi connectivity index (χ0v) is 20.7. The fraction of sp³-hybridized carbons (Fsp3) is 0.522. The third kappa shape index (κ3) is 6.77. The lowest BCUT2D eigenvalue weighted by Crippen LogP contribution is -2.47. The predicted octanol–water partition coefficient (Wildman–Crippen LogP) is 1.27. The Bertz CT molecular complexity index is 980. The molecule has 1 aliphatic rings. The lowest BCUT2D eigenvalue weighted by Gasteiger charge is -2.27. The summed E-state index contributed by atoms with van der Waals surface area (Å²) in [6.07, 6.45) is 0.687. The molecule has 0 bridgehead atoms. The summed E-state index contributed by atoms with van der Waals surface area (Å²) in [7, 11) is 0. The molecule has 0 saturated carbocycles. The summed E-state index contributed by atoms with van der Waals surface area (Å²) in [6.45, 7) is 6.69. The topological polar surface area (TPSA) is 135 Å². The maximum Gasteiger partial charge on any atom is 0.242 e. The van der Waals surface area contributed by atoms with Crippen LogP contribution in [-0.4, -0.2) is 63.1 Å². The largest absolute Gasteiger partial charge is 0.345 e. The Hall–Kier alpha value is -2.98. The highest BCUT2D eigenvalue weighted by molar-refractivity contribution is 5.87. The molecule has 4 N–H and O–H groups in total. The summed E-state index contributed by atoms with van der Waals surface area (Å²) in [4.78, 5) is 44.0. The van der Waals surface area contributed by atoms with Crippen molar-refractivity contribution in [2.45, 2.75) is 52.2 Å². The third-order valence-corrected chi connectivity index (χ3v) is 5.69. The van der Waals surface area contributed by atoms with Crippen LogP contribution in [0.25, 0.3) is 11.4 Å². The van der Waals surface area contributed by atoms with Crippen LogP contribution < -0.4 is 16.4 Å². The van der Waals surface area contributed by atoms with Gasteiger partial charge in [0.05, 0.1) is 19.1 Å². The summed E-state index contributed by atoms with van der Waals surface area (Å²) >= 11 is 0. The monoisotopic (exact) mass is 491 g/mol. The van der Waals surface area contributed by atoms with Gasteiger partial charge in [0.1, 0.15) is 6.04 Å². The van der Waals surface area contributed by atoms with E-state index in [1.54, 1.807) is 16.5 Å². The number of benzene rings is 1. The van der Waals surface area contributed by atoms with Gasteiger partial charge in [-0.15, -0.1) is 12.4 Å². The summed E-state index contributed by atoms with van der Waals surface area (Å²) in [6, 6.07) is 8.48. The second kappa shape index (κ2) is 12.5. The molecule has 34 heavy (non-hydrogen) atoms. The molecule has 11 heteroatoms. The number of carbonyl (C=O) groups excluding carboxylic acids is 3. The predicted molar refractivity (Wildman–Crippen MR) is 131 cm³/mol. The molecule has 10 nitrogen and oxygen atoms in total.